The van der Waals surface area contributed by atoms with E-state index in [2.05, 4.69) is 0 Å². The van der Waals surface area contributed by atoms with E-state index in [-0.39, 0.29) is 17.6 Å². The molecule has 1 saturated carbocycles. The largest absolute Gasteiger partial charge is 0.634 e. The van der Waals surface area contributed by atoms with Gasteiger partial charge in [0.25, 0.3) is 0 Å². The summed E-state index contributed by atoms with van der Waals surface area (Å²) in [5.41, 5.74) is 0. The molecule has 80 valence electrons. The van der Waals surface area contributed by atoms with E-state index >= 15 is 0 Å². The van der Waals surface area contributed by atoms with Gasteiger partial charge in [-0.05, 0) is 25.7 Å². The molecule has 0 spiro atoms. The van der Waals surface area contributed by atoms with Gasteiger partial charge in [0.1, 0.15) is 0 Å². The highest BCUT2D eigenvalue weighted by Gasteiger charge is 2.37. The number of piperidine rings is 1. The van der Waals surface area contributed by atoms with Crippen molar-refractivity contribution in [2.24, 2.45) is 11.8 Å². The maximum atomic E-state index is 11.7. The monoisotopic (exact) mass is 198 g/mol. The number of carboxylic acid groups (broad SMARTS) is 1. The van der Waals surface area contributed by atoms with Crippen molar-refractivity contribution in [1.82, 2.24) is 0 Å². The molecule has 1 aliphatic carbocycles. The third kappa shape index (κ3) is 1.77. The Morgan fingerprint density at radius 3 is 2.71 bits per heavy atom. The van der Waals surface area contributed by atoms with Crippen molar-refractivity contribution in [2.75, 3.05) is 6.54 Å². The number of quaternary nitrogens is 1. The fourth-order valence-electron chi connectivity index (χ4n) is 2.94. The van der Waals surface area contributed by atoms with Crippen molar-refractivity contribution >= 4 is 5.97 Å². The minimum atomic E-state index is -1.04. The Hall–Kier alpha value is -0.610. The van der Waals surface area contributed by atoms with E-state index < -0.39 is 11.9 Å². The standard InChI is InChI=1S/C10H17NO3/c12-10(13)8-5-7-3-1-2-4-9(7)11(14)6-8/h7-9,11H,1-6H2,(H,12,13)/p-1. The molecule has 1 heterocycles. The summed E-state index contributed by atoms with van der Waals surface area (Å²) >= 11 is 0. The zero-order valence-corrected chi connectivity index (χ0v) is 8.20. The zero-order chi connectivity index (χ0) is 10.1. The maximum Gasteiger partial charge on any atom is 0.0900 e. The van der Waals surface area contributed by atoms with Crippen LogP contribution in [0.2, 0.25) is 0 Å². The molecular weight excluding hydrogens is 182 g/mol. The molecule has 2 rings (SSSR count). The van der Waals surface area contributed by atoms with Crippen molar-refractivity contribution < 1.29 is 15.0 Å². The first-order valence-corrected chi connectivity index (χ1v) is 5.42. The minimum Gasteiger partial charge on any atom is -0.634 e. The number of nitrogens with one attached hydrogen (secondary N) is 1. The van der Waals surface area contributed by atoms with Crippen LogP contribution in [-0.2, 0) is 4.79 Å². The maximum absolute atomic E-state index is 11.7. The molecule has 4 heteroatoms. The summed E-state index contributed by atoms with van der Waals surface area (Å²) in [7, 11) is 0. The van der Waals surface area contributed by atoms with Crippen LogP contribution in [0.25, 0.3) is 0 Å². The predicted molar refractivity (Wildman–Crippen MR) is 48.1 cm³/mol. The predicted octanol–water partition coefficient (Wildman–Crippen LogP) is -1.30. The lowest BCUT2D eigenvalue weighted by molar-refractivity contribution is -0.890. The van der Waals surface area contributed by atoms with Gasteiger partial charge in [0, 0.05) is 11.8 Å². The summed E-state index contributed by atoms with van der Waals surface area (Å²) in [5, 5.41) is 22.5. The first-order valence-electron chi connectivity index (χ1n) is 5.42. The highest BCUT2D eigenvalue weighted by Crippen LogP contribution is 2.30. The van der Waals surface area contributed by atoms with E-state index in [0.717, 1.165) is 25.7 Å². The Morgan fingerprint density at radius 1 is 1.29 bits per heavy atom. The van der Waals surface area contributed by atoms with Crippen molar-refractivity contribution in [3.05, 3.63) is 5.21 Å². The fraction of sp³-hybridized carbons (Fsp3) is 0.900. The third-order valence-electron chi connectivity index (χ3n) is 3.69. The summed E-state index contributed by atoms with van der Waals surface area (Å²) in [6.07, 6.45) is 4.94. The fourth-order valence-corrected chi connectivity index (χ4v) is 2.94. The average Bonchev–Trinajstić information content (AvgIpc) is 2.17. The van der Waals surface area contributed by atoms with Gasteiger partial charge in [0.2, 0.25) is 0 Å². The van der Waals surface area contributed by atoms with E-state index in [1.807, 2.05) is 0 Å². The molecule has 0 amide bonds. The normalized spacial score (nSPS) is 42.9. The summed E-state index contributed by atoms with van der Waals surface area (Å²) in [6.45, 7) is 0.212. The van der Waals surface area contributed by atoms with E-state index in [1.54, 1.807) is 0 Å². The number of carbonyl (C=O) groups is 1. The van der Waals surface area contributed by atoms with Gasteiger partial charge in [-0.15, -0.1) is 0 Å². The summed E-state index contributed by atoms with van der Waals surface area (Å²) < 4.78 is 0. The highest BCUT2D eigenvalue weighted by atomic mass is 16.5. The van der Waals surface area contributed by atoms with Crippen molar-refractivity contribution in [1.29, 1.82) is 0 Å². The smallest absolute Gasteiger partial charge is 0.0900 e. The number of carbonyl (C=O) groups excluding carboxylic acids is 1. The Balaban J connectivity index is 2.04. The van der Waals surface area contributed by atoms with Gasteiger partial charge < -0.3 is 20.2 Å². The van der Waals surface area contributed by atoms with Crippen molar-refractivity contribution in [2.45, 2.75) is 38.1 Å². The van der Waals surface area contributed by atoms with E-state index in [9.17, 15) is 15.1 Å². The van der Waals surface area contributed by atoms with E-state index in [4.69, 9.17) is 0 Å². The van der Waals surface area contributed by atoms with Gasteiger partial charge in [0.15, 0.2) is 0 Å². The van der Waals surface area contributed by atoms with Crippen LogP contribution < -0.4 is 10.2 Å². The summed E-state index contributed by atoms with van der Waals surface area (Å²) in [6, 6.07) is 0.166. The van der Waals surface area contributed by atoms with Gasteiger partial charge >= 0.3 is 0 Å². The van der Waals surface area contributed by atoms with Crippen LogP contribution in [0.15, 0.2) is 0 Å². The number of rotatable bonds is 1. The topological polar surface area (TPSA) is 67.6 Å². The third-order valence-corrected chi connectivity index (χ3v) is 3.69. The lowest BCUT2D eigenvalue weighted by Gasteiger charge is -2.46. The molecule has 0 aromatic heterocycles. The molecule has 14 heavy (non-hydrogen) atoms. The van der Waals surface area contributed by atoms with Gasteiger partial charge in [-0.1, -0.05) is 6.42 Å². The zero-order valence-electron chi connectivity index (χ0n) is 8.20. The first-order chi connectivity index (χ1) is 6.68. The molecule has 0 aromatic carbocycles. The molecular formula is C10H16NO3-. The van der Waals surface area contributed by atoms with Crippen LogP contribution >= 0.6 is 0 Å². The molecule has 0 bridgehead atoms. The summed E-state index contributed by atoms with van der Waals surface area (Å²) in [5.74, 6) is -1.22. The van der Waals surface area contributed by atoms with Crippen LogP contribution in [0.4, 0.5) is 0 Å². The highest BCUT2D eigenvalue weighted by molar-refractivity contribution is 5.67. The number of fused-ring (bicyclic) bond motifs is 1. The average molecular weight is 198 g/mol. The van der Waals surface area contributed by atoms with Crippen molar-refractivity contribution in [3.63, 3.8) is 0 Å². The molecule has 0 radical (unpaired) electrons. The molecule has 0 aromatic rings. The lowest BCUT2D eigenvalue weighted by Crippen LogP contribution is -3.14. The summed E-state index contributed by atoms with van der Waals surface area (Å²) in [4.78, 5) is 10.7. The lowest BCUT2D eigenvalue weighted by atomic mass is 9.76. The van der Waals surface area contributed by atoms with Gasteiger partial charge in [-0.25, -0.2) is 0 Å². The second-order valence-electron chi connectivity index (χ2n) is 4.57. The molecule has 1 N–H and O–H groups in total. The molecule has 4 atom stereocenters. The first kappa shape index (κ1) is 9.93. The van der Waals surface area contributed by atoms with Gasteiger partial charge in [0.05, 0.1) is 18.6 Å². The quantitative estimate of drug-likeness (QED) is 0.532. The molecule has 1 saturated heterocycles. The van der Waals surface area contributed by atoms with Crippen LogP contribution in [0.3, 0.4) is 0 Å². The molecule has 4 unspecified atom stereocenters. The van der Waals surface area contributed by atoms with Crippen LogP contribution in [0.1, 0.15) is 32.1 Å². The van der Waals surface area contributed by atoms with E-state index in [1.165, 1.54) is 0 Å². The number of carboxylic acids is 1. The van der Waals surface area contributed by atoms with Gasteiger partial charge in [-0.3, -0.25) is 0 Å². The Labute approximate surface area is 83.5 Å². The minimum absolute atomic E-state index is 0.162. The van der Waals surface area contributed by atoms with Crippen LogP contribution in [0.5, 0.6) is 0 Å². The molecule has 2 aliphatic rings. The molecule has 2 fully saturated rings. The SMILES string of the molecule is O=C([O-])C1CC2CCCCC2[NH+]([O-])C1. The van der Waals surface area contributed by atoms with E-state index in [0.29, 0.717) is 12.3 Å². The Kier molecular flexibility index (Phi) is 2.74. The Bertz CT molecular complexity index is 231. The molecule has 4 nitrogen and oxygen atoms in total. The number of aliphatic carboxylic acids is 1. The number of hydrogen-bond donors (Lipinski definition) is 1. The van der Waals surface area contributed by atoms with Gasteiger partial charge in [-0.2, -0.15) is 0 Å². The van der Waals surface area contributed by atoms with Crippen LogP contribution in [-0.4, -0.2) is 18.6 Å². The molecule has 1 aliphatic heterocycles. The second kappa shape index (κ2) is 3.87. The number of hydrogen-bond acceptors (Lipinski definition) is 3. The Morgan fingerprint density at radius 2 is 2.00 bits per heavy atom. The number of hydroxylamine groups is 2. The second-order valence-corrected chi connectivity index (χ2v) is 4.57. The van der Waals surface area contributed by atoms with Crippen molar-refractivity contribution in [3.8, 4) is 0 Å². The van der Waals surface area contributed by atoms with Crippen LogP contribution in [0, 0.1) is 17.0 Å².